The van der Waals surface area contributed by atoms with Crippen LogP contribution in [0.2, 0.25) is 0 Å². The van der Waals surface area contributed by atoms with Crippen LogP contribution in [-0.2, 0) is 27.2 Å². The van der Waals surface area contributed by atoms with Crippen LogP contribution >= 0.6 is 11.8 Å². The maximum absolute atomic E-state index is 13.3. The number of hydrogen-bond acceptors (Lipinski definition) is 11. The number of ether oxygens (including phenoxy) is 2. The van der Waals surface area contributed by atoms with Gasteiger partial charge in [0.05, 0.1) is 0 Å². The van der Waals surface area contributed by atoms with E-state index in [1.807, 2.05) is 35.8 Å². The Morgan fingerprint density at radius 1 is 1.14 bits per heavy atom. The zero-order valence-electron chi connectivity index (χ0n) is 33.5. The van der Waals surface area contributed by atoms with E-state index in [4.69, 9.17) is 24.6 Å². The van der Waals surface area contributed by atoms with E-state index < -0.39 is 5.91 Å². The number of nitrogen functional groups attached to an aromatic ring is 1. The number of nitriles is 1. The van der Waals surface area contributed by atoms with Gasteiger partial charge in [-0.2, -0.15) is 5.26 Å². The zero-order chi connectivity index (χ0) is 40.5. The van der Waals surface area contributed by atoms with Gasteiger partial charge in [0.25, 0.3) is 5.91 Å². The van der Waals surface area contributed by atoms with Crippen molar-refractivity contribution in [2.24, 2.45) is 17.3 Å². The minimum absolute atomic E-state index is 0.0516. The Kier molecular flexibility index (Phi) is 13.3. The summed E-state index contributed by atoms with van der Waals surface area (Å²) in [6.07, 6.45) is 22.9. The molecule has 6 rings (SSSR count). The Morgan fingerprint density at radius 2 is 1.93 bits per heavy atom. The van der Waals surface area contributed by atoms with Crippen molar-refractivity contribution in [3.63, 3.8) is 0 Å². The van der Waals surface area contributed by atoms with Crippen LogP contribution in [0.25, 0.3) is 11.2 Å². The molecule has 3 aromatic heterocycles. The molecule has 298 valence electrons. The average Bonchev–Trinajstić information content (AvgIpc) is 3.91. The molecular weight excluding hydrogens is 737 g/mol. The molecule has 2 aliphatic carbocycles. The monoisotopic (exact) mass is 788 g/mol. The lowest BCUT2D eigenvalue weighted by molar-refractivity contribution is -0.117. The summed E-state index contributed by atoms with van der Waals surface area (Å²) < 4.78 is 19.1. The predicted molar refractivity (Wildman–Crippen MR) is 224 cm³/mol. The predicted octanol–water partition coefficient (Wildman–Crippen LogP) is 8.22. The molecule has 3 N–H and O–H groups in total. The second-order valence-electron chi connectivity index (χ2n) is 15.4. The molecule has 0 fully saturated rings. The maximum Gasteiger partial charge on any atom is 0.261 e. The first kappa shape index (κ1) is 40.9. The van der Waals surface area contributed by atoms with E-state index in [-0.39, 0.29) is 35.4 Å². The van der Waals surface area contributed by atoms with Crippen molar-refractivity contribution in [1.29, 1.82) is 5.26 Å². The van der Waals surface area contributed by atoms with Gasteiger partial charge in [-0.3, -0.25) is 4.79 Å². The van der Waals surface area contributed by atoms with Crippen LogP contribution in [0.5, 0.6) is 0 Å². The van der Waals surface area contributed by atoms with E-state index >= 15 is 0 Å². The molecule has 3 aliphatic rings. The Balaban J connectivity index is 1.12. The van der Waals surface area contributed by atoms with Crippen LogP contribution in [0.15, 0.2) is 123 Å². The molecule has 0 aromatic carbocycles. The first-order valence-corrected chi connectivity index (χ1v) is 20.2. The zero-order valence-corrected chi connectivity index (χ0v) is 34.3. The number of nitrogens with two attached hydrogens (primary N) is 1. The van der Waals surface area contributed by atoms with Gasteiger partial charge >= 0.3 is 0 Å². The number of nitrogens with zero attached hydrogens (tertiary/aromatic N) is 6. The van der Waals surface area contributed by atoms with Gasteiger partial charge in [-0.05, 0) is 73.6 Å². The van der Waals surface area contributed by atoms with Gasteiger partial charge in [0.15, 0.2) is 33.7 Å². The minimum Gasteiger partial charge on any atom is -0.466 e. The number of aromatic nitrogens is 4. The number of fused-ring (bicyclic) bond motifs is 2. The third kappa shape index (κ3) is 10.6. The largest absolute Gasteiger partial charge is 0.466 e. The number of furan rings is 1. The van der Waals surface area contributed by atoms with Crippen LogP contribution in [0, 0.1) is 35.5 Å². The molecule has 0 radical (unpaired) electrons. The highest BCUT2D eigenvalue weighted by atomic mass is 32.2. The summed E-state index contributed by atoms with van der Waals surface area (Å²) in [5, 5.41) is 13.6. The molecule has 1 amide bonds. The van der Waals surface area contributed by atoms with E-state index in [0.717, 1.165) is 47.9 Å². The van der Waals surface area contributed by atoms with Crippen LogP contribution in [0.4, 0.5) is 5.82 Å². The highest BCUT2D eigenvalue weighted by molar-refractivity contribution is 8.03. The fraction of sp³-hybridized carbons (Fsp3) is 0.386. The molecule has 0 spiro atoms. The van der Waals surface area contributed by atoms with Crippen molar-refractivity contribution < 1.29 is 18.7 Å². The van der Waals surface area contributed by atoms with Gasteiger partial charge < -0.3 is 34.4 Å². The fourth-order valence-electron chi connectivity index (χ4n) is 6.74. The summed E-state index contributed by atoms with van der Waals surface area (Å²) in [6.45, 7) is 17.7. The summed E-state index contributed by atoms with van der Waals surface area (Å²) in [7, 11) is 0. The molecule has 13 heteroatoms. The number of hydrogen-bond donors (Lipinski definition) is 2. The van der Waals surface area contributed by atoms with Crippen LogP contribution in [0.3, 0.4) is 0 Å². The number of allylic oxidation sites excluding steroid dienone is 11. The Hall–Kier alpha value is -5.74. The standard InChI is InChI=1S/C44H52N8O4S/c1-7-18-51(20-16-44(4,5)6)34-14-13-31-21-30(11-12-32(31)23-34)22-33(26-45)42(53)47-17-9-19-52-41-39(40(46)48-27-49-41)50-43(52)57-36(24-35-15-10-29(3)56-35)25-38-37(8-2)54-28-55-38/h8,10-15,21-23,25,27,31-32H,2,7,9,16-20,24,28H2,1,3-6H3,(H,47,53)(H2,46,48,49)/b33-22+,36-25+. The highest BCUT2D eigenvalue weighted by Crippen LogP contribution is 2.35. The van der Waals surface area contributed by atoms with Crippen molar-refractivity contribution in [2.75, 3.05) is 32.2 Å². The van der Waals surface area contributed by atoms with Crippen molar-refractivity contribution in [2.45, 2.75) is 72.0 Å². The van der Waals surface area contributed by atoms with E-state index in [9.17, 15) is 10.1 Å². The summed E-state index contributed by atoms with van der Waals surface area (Å²) in [4.78, 5) is 30.1. The normalized spacial score (nSPS) is 18.1. The second kappa shape index (κ2) is 18.5. The smallest absolute Gasteiger partial charge is 0.261 e. The van der Waals surface area contributed by atoms with E-state index in [1.54, 1.807) is 12.2 Å². The van der Waals surface area contributed by atoms with E-state index in [2.05, 4.69) is 90.9 Å². The molecule has 12 nitrogen and oxygen atoms in total. The molecule has 2 atom stereocenters. The number of carbonyl (C=O) groups is 1. The number of thioether (sulfide) groups is 1. The molecule has 1 aliphatic heterocycles. The first-order chi connectivity index (χ1) is 27.4. The van der Waals surface area contributed by atoms with Crippen LogP contribution in [0.1, 0.15) is 58.5 Å². The lowest BCUT2D eigenvalue weighted by atomic mass is 9.81. The van der Waals surface area contributed by atoms with Gasteiger partial charge in [0, 0.05) is 55.0 Å². The Labute approximate surface area is 339 Å². The van der Waals surface area contributed by atoms with E-state index in [0.29, 0.717) is 53.8 Å². The summed E-state index contributed by atoms with van der Waals surface area (Å²) in [5.74, 6) is 2.92. The summed E-state index contributed by atoms with van der Waals surface area (Å²) in [5.41, 5.74) is 9.72. The number of carbonyl (C=O) groups excluding carboxylic acids is 1. The SMILES string of the molecule is C=CC1=C(/C=C(\Cc2ccc(C)o2)Sc2nc3c(N)ncnc3n2CCCNC(=O)/C(C#N)=C/C2=CC3C=CC(N(CCC)CCC(C)(C)C)=CC3C=C2)OCO1. The van der Waals surface area contributed by atoms with Crippen molar-refractivity contribution in [1.82, 2.24) is 29.7 Å². The average molecular weight is 789 g/mol. The lowest BCUT2D eigenvalue weighted by Gasteiger charge is -2.33. The summed E-state index contributed by atoms with van der Waals surface area (Å²) >= 11 is 1.42. The molecule has 0 saturated heterocycles. The number of nitrogens with one attached hydrogen (secondary N) is 1. The highest BCUT2D eigenvalue weighted by Gasteiger charge is 2.24. The molecular formula is C44H52N8O4S. The molecule has 3 aromatic rings. The Morgan fingerprint density at radius 3 is 2.67 bits per heavy atom. The van der Waals surface area contributed by atoms with Gasteiger partial charge in [0.2, 0.25) is 6.79 Å². The quantitative estimate of drug-likeness (QED) is 0.0588. The van der Waals surface area contributed by atoms with Crippen molar-refractivity contribution in [3.8, 4) is 6.07 Å². The third-order valence-electron chi connectivity index (χ3n) is 9.74. The van der Waals surface area contributed by atoms with Gasteiger partial charge in [0.1, 0.15) is 29.5 Å². The number of amides is 1. The maximum atomic E-state index is 13.3. The number of anilines is 1. The molecule has 57 heavy (non-hydrogen) atoms. The van der Waals surface area contributed by atoms with Crippen molar-refractivity contribution in [3.05, 3.63) is 125 Å². The lowest BCUT2D eigenvalue weighted by Crippen LogP contribution is -2.29. The fourth-order valence-corrected chi connectivity index (χ4v) is 7.78. The molecule has 2 unspecified atom stereocenters. The molecule has 0 saturated carbocycles. The molecule has 4 heterocycles. The number of aryl methyl sites for hydroxylation is 2. The van der Waals surface area contributed by atoms with E-state index in [1.165, 1.54) is 23.8 Å². The topological polar surface area (TPSA) is 157 Å². The van der Waals surface area contributed by atoms with Crippen molar-refractivity contribution >= 4 is 34.7 Å². The summed E-state index contributed by atoms with van der Waals surface area (Å²) in [6, 6.07) is 5.96. The molecule has 0 bridgehead atoms. The number of imidazole rings is 1. The van der Waals surface area contributed by atoms with Gasteiger partial charge in [-0.1, -0.05) is 76.4 Å². The first-order valence-electron chi connectivity index (χ1n) is 19.4. The number of rotatable bonds is 17. The Bertz CT molecular complexity index is 2240. The van der Waals surface area contributed by atoms with Gasteiger partial charge in [-0.15, -0.1) is 0 Å². The van der Waals surface area contributed by atoms with Crippen LogP contribution in [-0.4, -0.2) is 56.8 Å². The van der Waals surface area contributed by atoms with Crippen LogP contribution < -0.4 is 11.1 Å². The second-order valence-corrected chi connectivity index (χ2v) is 16.5. The van der Waals surface area contributed by atoms with Gasteiger partial charge in [-0.25, -0.2) is 15.0 Å². The third-order valence-corrected chi connectivity index (χ3v) is 10.8. The minimum atomic E-state index is -0.426.